The molecule has 3 N–H and O–H groups in total. The van der Waals surface area contributed by atoms with Gasteiger partial charge in [-0.15, -0.1) is 0 Å². The van der Waals surface area contributed by atoms with Gasteiger partial charge in [-0.3, -0.25) is 4.98 Å². The Bertz CT molecular complexity index is 616. The van der Waals surface area contributed by atoms with E-state index in [2.05, 4.69) is 34.3 Å². The molecule has 0 aliphatic carbocycles. The standard InChI is InChI=1S/C19H28N4/c1-2-3-4-5-6-9-13-22-19(20)23-15-18-17-11-8-7-10-16(17)12-14-21-18/h7-8,10-12,14H,2-6,9,13,15H2,1H3,(H3,20,22,23). The molecular weight excluding hydrogens is 284 g/mol. The maximum atomic E-state index is 5.94. The van der Waals surface area contributed by atoms with Gasteiger partial charge in [0.25, 0.3) is 0 Å². The third kappa shape index (κ3) is 5.89. The van der Waals surface area contributed by atoms with Crippen molar-refractivity contribution < 1.29 is 0 Å². The van der Waals surface area contributed by atoms with Gasteiger partial charge in [-0.2, -0.15) is 0 Å². The van der Waals surface area contributed by atoms with E-state index in [1.807, 2.05) is 24.4 Å². The minimum atomic E-state index is 0.508. The number of hydrogen-bond acceptors (Lipinski definition) is 2. The molecule has 0 saturated heterocycles. The summed E-state index contributed by atoms with van der Waals surface area (Å²) in [5.74, 6) is 0.508. The molecule has 1 heterocycles. The molecule has 0 atom stereocenters. The molecule has 4 nitrogen and oxygen atoms in total. The number of aromatic nitrogens is 1. The van der Waals surface area contributed by atoms with Gasteiger partial charge in [0.2, 0.25) is 0 Å². The molecule has 0 aliphatic heterocycles. The minimum absolute atomic E-state index is 0.508. The van der Waals surface area contributed by atoms with Crippen molar-refractivity contribution in [2.75, 3.05) is 6.54 Å². The van der Waals surface area contributed by atoms with E-state index < -0.39 is 0 Å². The number of nitrogens with zero attached hydrogens (tertiary/aromatic N) is 2. The first-order chi connectivity index (χ1) is 11.3. The van der Waals surface area contributed by atoms with Crippen molar-refractivity contribution in [1.82, 2.24) is 10.3 Å². The molecule has 2 rings (SSSR count). The number of hydrogen-bond donors (Lipinski definition) is 2. The molecule has 4 heteroatoms. The summed E-state index contributed by atoms with van der Waals surface area (Å²) in [7, 11) is 0. The number of nitrogens with two attached hydrogens (primary N) is 1. The van der Waals surface area contributed by atoms with Gasteiger partial charge in [0, 0.05) is 18.1 Å². The van der Waals surface area contributed by atoms with Gasteiger partial charge >= 0.3 is 0 Å². The summed E-state index contributed by atoms with van der Waals surface area (Å²) in [6.07, 6.45) is 9.51. The molecule has 0 radical (unpaired) electrons. The molecular formula is C19H28N4. The van der Waals surface area contributed by atoms with Gasteiger partial charge in [-0.05, 0) is 17.9 Å². The van der Waals surface area contributed by atoms with Crippen LogP contribution in [0.25, 0.3) is 10.8 Å². The number of nitrogens with one attached hydrogen (secondary N) is 1. The Balaban J connectivity index is 1.76. The van der Waals surface area contributed by atoms with Gasteiger partial charge in [0.15, 0.2) is 5.96 Å². The number of pyridine rings is 1. The maximum absolute atomic E-state index is 5.94. The fraction of sp³-hybridized carbons (Fsp3) is 0.474. The zero-order valence-corrected chi connectivity index (χ0v) is 14.1. The molecule has 0 saturated carbocycles. The Hall–Kier alpha value is -2.10. The first-order valence-electron chi connectivity index (χ1n) is 8.67. The van der Waals surface area contributed by atoms with Crippen molar-refractivity contribution in [1.29, 1.82) is 0 Å². The Morgan fingerprint density at radius 2 is 1.87 bits per heavy atom. The minimum Gasteiger partial charge on any atom is -0.370 e. The summed E-state index contributed by atoms with van der Waals surface area (Å²) in [4.78, 5) is 8.84. The highest BCUT2D eigenvalue weighted by molar-refractivity contribution is 5.84. The fourth-order valence-corrected chi connectivity index (χ4v) is 2.65. The van der Waals surface area contributed by atoms with Gasteiger partial charge < -0.3 is 11.1 Å². The van der Waals surface area contributed by atoms with E-state index in [4.69, 9.17) is 5.73 Å². The maximum Gasteiger partial charge on any atom is 0.188 e. The van der Waals surface area contributed by atoms with E-state index in [1.54, 1.807) is 0 Å². The third-order valence-electron chi connectivity index (χ3n) is 3.99. The Kier molecular flexibility index (Phi) is 7.37. The van der Waals surface area contributed by atoms with Gasteiger partial charge in [0.05, 0.1) is 12.2 Å². The second-order valence-corrected chi connectivity index (χ2v) is 5.87. The molecule has 1 aromatic heterocycles. The molecule has 0 fully saturated rings. The Morgan fingerprint density at radius 3 is 2.74 bits per heavy atom. The lowest BCUT2D eigenvalue weighted by Gasteiger charge is -2.06. The van der Waals surface area contributed by atoms with E-state index in [1.165, 1.54) is 37.5 Å². The van der Waals surface area contributed by atoms with Crippen molar-refractivity contribution in [2.24, 2.45) is 10.7 Å². The highest BCUT2D eigenvalue weighted by atomic mass is 15.1. The number of rotatable bonds is 9. The smallest absolute Gasteiger partial charge is 0.188 e. The van der Waals surface area contributed by atoms with Gasteiger partial charge in [-0.25, -0.2) is 4.99 Å². The predicted molar refractivity (Wildman–Crippen MR) is 98.4 cm³/mol. The van der Waals surface area contributed by atoms with Crippen LogP contribution in [-0.4, -0.2) is 17.5 Å². The summed E-state index contributed by atoms with van der Waals surface area (Å²) in [5, 5.41) is 5.52. The van der Waals surface area contributed by atoms with Crippen LogP contribution in [-0.2, 0) is 6.54 Å². The summed E-state index contributed by atoms with van der Waals surface area (Å²) in [5.41, 5.74) is 6.90. The molecule has 0 amide bonds. The summed E-state index contributed by atoms with van der Waals surface area (Å²) >= 11 is 0. The number of guanidine groups is 1. The number of fused-ring (bicyclic) bond motifs is 1. The molecule has 0 unspecified atom stereocenters. The average Bonchev–Trinajstić information content (AvgIpc) is 2.59. The monoisotopic (exact) mass is 312 g/mol. The zero-order valence-electron chi connectivity index (χ0n) is 14.1. The van der Waals surface area contributed by atoms with Crippen molar-refractivity contribution in [2.45, 2.75) is 52.0 Å². The van der Waals surface area contributed by atoms with Crippen LogP contribution in [0, 0.1) is 0 Å². The third-order valence-corrected chi connectivity index (χ3v) is 3.99. The first kappa shape index (κ1) is 17.3. The topological polar surface area (TPSA) is 63.3 Å². The van der Waals surface area contributed by atoms with Crippen molar-refractivity contribution in [3.8, 4) is 0 Å². The average molecular weight is 312 g/mol. The van der Waals surface area contributed by atoms with E-state index in [-0.39, 0.29) is 0 Å². The van der Waals surface area contributed by atoms with E-state index in [0.29, 0.717) is 12.5 Å². The van der Waals surface area contributed by atoms with Crippen LogP contribution in [0.3, 0.4) is 0 Å². The lowest BCUT2D eigenvalue weighted by Crippen LogP contribution is -2.32. The van der Waals surface area contributed by atoms with Crippen LogP contribution in [0.5, 0.6) is 0 Å². The molecule has 0 bridgehead atoms. The zero-order chi connectivity index (χ0) is 16.3. The lowest BCUT2D eigenvalue weighted by atomic mass is 10.1. The van der Waals surface area contributed by atoms with Crippen molar-refractivity contribution in [3.63, 3.8) is 0 Å². The molecule has 1 aromatic carbocycles. The molecule has 0 aliphatic rings. The number of aliphatic imine (C=N–C) groups is 1. The van der Waals surface area contributed by atoms with Crippen LogP contribution >= 0.6 is 0 Å². The SMILES string of the molecule is CCCCCCCCNC(N)=NCc1nccc2ccccc12. The Labute approximate surface area is 139 Å². The summed E-state index contributed by atoms with van der Waals surface area (Å²) < 4.78 is 0. The van der Waals surface area contributed by atoms with Crippen LogP contribution in [0.4, 0.5) is 0 Å². The fourth-order valence-electron chi connectivity index (χ4n) is 2.65. The van der Waals surface area contributed by atoms with Crippen LogP contribution in [0.1, 0.15) is 51.1 Å². The summed E-state index contributed by atoms with van der Waals surface area (Å²) in [6.45, 7) is 3.64. The normalized spacial score (nSPS) is 11.8. The van der Waals surface area contributed by atoms with E-state index in [0.717, 1.165) is 24.0 Å². The second-order valence-electron chi connectivity index (χ2n) is 5.87. The highest BCUT2D eigenvalue weighted by Crippen LogP contribution is 2.16. The predicted octanol–water partition coefficient (Wildman–Crippen LogP) is 4.00. The lowest BCUT2D eigenvalue weighted by molar-refractivity contribution is 0.601. The largest absolute Gasteiger partial charge is 0.370 e. The van der Waals surface area contributed by atoms with Crippen molar-refractivity contribution >= 4 is 16.7 Å². The molecule has 23 heavy (non-hydrogen) atoms. The van der Waals surface area contributed by atoms with Gasteiger partial charge in [0.1, 0.15) is 0 Å². The van der Waals surface area contributed by atoms with E-state index >= 15 is 0 Å². The van der Waals surface area contributed by atoms with Crippen LogP contribution in [0.2, 0.25) is 0 Å². The van der Waals surface area contributed by atoms with Crippen LogP contribution in [0.15, 0.2) is 41.5 Å². The Morgan fingerprint density at radius 1 is 1.09 bits per heavy atom. The second kappa shape index (κ2) is 9.82. The van der Waals surface area contributed by atoms with Crippen LogP contribution < -0.4 is 11.1 Å². The molecule has 0 spiro atoms. The molecule has 124 valence electrons. The highest BCUT2D eigenvalue weighted by Gasteiger charge is 2.01. The quantitative estimate of drug-likeness (QED) is 0.418. The van der Waals surface area contributed by atoms with E-state index in [9.17, 15) is 0 Å². The number of benzene rings is 1. The number of unbranched alkanes of at least 4 members (excludes halogenated alkanes) is 5. The molecule has 2 aromatic rings. The van der Waals surface area contributed by atoms with Gasteiger partial charge in [-0.1, -0.05) is 63.3 Å². The van der Waals surface area contributed by atoms with Crippen molar-refractivity contribution in [3.05, 3.63) is 42.2 Å². The first-order valence-corrected chi connectivity index (χ1v) is 8.67. The summed E-state index contributed by atoms with van der Waals surface area (Å²) in [6, 6.07) is 10.2.